The fourth-order valence-electron chi connectivity index (χ4n) is 4.13. The third-order valence-electron chi connectivity index (χ3n) is 6.30. The van der Waals surface area contributed by atoms with Crippen LogP contribution in [0.2, 0.25) is 0 Å². The van der Waals surface area contributed by atoms with E-state index in [0.717, 1.165) is 24.5 Å². The standard InChI is InChI=1S/C32H41NO2S/c1-2-3-4-5-6-7-8-15-24-35-30-22-20-29(21-23-30)32(34)33-25-31(28-18-13-10-14-19-28)36-26-27-16-11-9-12-17-27/h9-14,16-23,31H,2-8,15,24-26H2,1H3,(H,33,34). The molecule has 4 heteroatoms. The van der Waals surface area contributed by atoms with Gasteiger partial charge in [0.15, 0.2) is 0 Å². The summed E-state index contributed by atoms with van der Waals surface area (Å²) in [7, 11) is 0. The molecule has 0 heterocycles. The molecule has 1 N–H and O–H groups in total. The Morgan fingerprint density at radius 1 is 0.778 bits per heavy atom. The summed E-state index contributed by atoms with van der Waals surface area (Å²) in [6.45, 7) is 3.57. The third-order valence-corrected chi connectivity index (χ3v) is 7.64. The van der Waals surface area contributed by atoms with Gasteiger partial charge in [-0.3, -0.25) is 4.79 Å². The van der Waals surface area contributed by atoms with Gasteiger partial charge in [0, 0.05) is 23.1 Å². The summed E-state index contributed by atoms with van der Waals surface area (Å²) < 4.78 is 5.88. The molecule has 1 amide bonds. The van der Waals surface area contributed by atoms with Gasteiger partial charge in [0.05, 0.1) is 6.61 Å². The monoisotopic (exact) mass is 503 g/mol. The second kappa shape index (κ2) is 16.9. The number of hydrogen-bond donors (Lipinski definition) is 1. The van der Waals surface area contributed by atoms with E-state index in [2.05, 4.69) is 60.8 Å². The van der Waals surface area contributed by atoms with E-state index in [4.69, 9.17) is 4.74 Å². The molecule has 0 aliphatic rings. The van der Waals surface area contributed by atoms with Gasteiger partial charge in [-0.05, 0) is 41.8 Å². The second-order valence-electron chi connectivity index (χ2n) is 9.25. The molecule has 192 valence electrons. The van der Waals surface area contributed by atoms with Crippen LogP contribution in [-0.4, -0.2) is 19.1 Å². The molecule has 1 unspecified atom stereocenters. The van der Waals surface area contributed by atoms with Gasteiger partial charge in [-0.15, -0.1) is 11.8 Å². The molecule has 0 aliphatic heterocycles. The molecule has 0 bridgehead atoms. The average molecular weight is 504 g/mol. The first-order valence-electron chi connectivity index (χ1n) is 13.5. The maximum atomic E-state index is 12.8. The van der Waals surface area contributed by atoms with Crippen molar-refractivity contribution in [2.75, 3.05) is 13.2 Å². The van der Waals surface area contributed by atoms with Crippen molar-refractivity contribution in [1.82, 2.24) is 5.32 Å². The number of ether oxygens (including phenoxy) is 1. The summed E-state index contributed by atoms with van der Waals surface area (Å²) in [5, 5.41) is 3.32. The predicted octanol–water partition coefficient (Wildman–Crippen LogP) is 8.61. The highest BCUT2D eigenvalue weighted by molar-refractivity contribution is 7.98. The van der Waals surface area contributed by atoms with Crippen molar-refractivity contribution in [3.8, 4) is 5.75 Å². The van der Waals surface area contributed by atoms with Gasteiger partial charge in [-0.1, -0.05) is 113 Å². The van der Waals surface area contributed by atoms with E-state index in [0.29, 0.717) is 12.1 Å². The summed E-state index contributed by atoms with van der Waals surface area (Å²) in [6, 6.07) is 28.4. The number of rotatable bonds is 17. The Bertz CT molecular complexity index is 976. The molecule has 0 radical (unpaired) electrons. The summed E-state index contributed by atoms with van der Waals surface area (Å²) in [5.41, 5.74) is 3.18. The highest BCUT2D eigenvalue weighted by atomic mass is 32.2. The number of nitrogens with one attached hydrogen (secondary N) is 1. The smallest absolute Gasteiger partial charge is 0.251 e. The molecule has 0 saturated carbocycles. The van der Waals surface area contributed by atoms with Crippen molar-refractivity contribution >= 4 is 17.7 Å². The van der Waals surface area contributed by atoms with Crippen LogP contribution in [-0.2, 0) is 5.75 Å². The highest BCUT2D eigenvalue weighted by Gasteiger charge is 2.15. The molecular weight excluding hydrogens is 462 g/mol. The van der Waals surface area contributed by atoms with Crippen molar-refractivity contribution in [2.45, 2.75) is 69.3 Å². The zero-order chi connectivity index (χ0) is 25.3. The Balaban J connectivity index is 1.41. The SMILES string of the molecule is CCCCCCCCCCOc1ccc(C(=O)NCC(SCc2ccccc2)c2ccccc2)cc1. The number of thioether (sulfide) groups is 1. The Hall–Kier alpha value is -2.72. The molecule has 0 fully saturated rings. The van der Waals surface area contributed by atoms with Gasteiger partial charge in [0.25, 0.3) is 5.91 Å². The first kappa shape index (κ1) is 27.9. The largest absolute Gasteiger partial charge is 0.494 e. The first-order chi connectivity index (χ1) is 17.8. The predicted molar refractivity (Wildman–Crippen MR) is 154 cm³/mol. The topological polar surface area (TPSA) is 38.3 Å². The van der Waals surface area contributed by atoms with E-state index < -0.39 is 0 Å². The van der Waals surface area contributed by atoms with Crippen LogP contribution in [0.1, 0.15) is 85.0 Å². The van der Waals surface area contributed by atoms with Gasteiger partial charge in [0.2, 0.25) is 0 Å². The van der Waals surface area contributed by atoms with E-state index in [1.807, 2.05) is 48.2 Å². The Kier molecular flexibility index (Phi) is 13.0. The minimum absolute atomic E-state index is 0.0501. The van der Waals surface area contributed by atoms with Gasteiger partial charge in [-0.25, -0.2) is 0 Å². The molecule has 3 aromatic carbocycles. The van der Waals surface area contributed by atoms with Crippen LogP contribution in [0.5, 0.6) is 5.75 Å². The molecule has 1 atom stereocenters. The van der Waals surface area contributed by atoms with Gasteiger partial charge in [-0.2, -0.15) is 0 Å². The first-order valence-corrected chi connectivity index (χ1v) is 14.5. The molecule has 36 heavy (non-hydrogen) atoms. The van der Waals surface area contributed by atoms with Crippen molar-refractivity contribution in [1.29, 1.82) is 0 Å². The van der Waals surface area contributed by atoms with Crippen molar-refractivity contribution in [3.63, 3.8) is 0 Å². The Morgan fingerprint density at radius 3 is 2.06 bits per heavy atom. The lowest BCUT2D eigenvalue weighted by Crippen LogP contribution is -2.27. The molecule has 3 rings (SSSR count). The van der Waals surface area contributed by atoms with Crippen LogP contribution in [0.25, 0.3) is 0 Å². The molecule has 3 nitrogen and oxygen atoms in total. The maximum Gasteiger partial charge on any atom is 0.251 e. The fourth-order valence-corrected chi connectivity index (χ4v) is 5.26. The Labute approximate surface area is 222 Å². The number of carbonyl (C=O) groups excluding carboxylic acids is 1. The summed E-state index contributed by atoms with van der Waals surface area (Å²) >= 11 is 1.85. The van der Waals surface area contributed by atoms with Crippen LogP contribution >= 0.6 is 11.8 Å². The van der Waals surface area contributed by atoms with Crippen LogP contribution in [0.4, 0.5) is 0 Å². The normalized spacial score (nSPS) is 11.7. The van der Waals surface area contributed by atoms with E-state index in [9.17, 15) is 4.79 Å². The number of unbranched alkanes of at least 4 members (excludes halogenated alkanes) is 7. The van der Waals surface area contributed by atoms with Crippen molar-refractivity contribution < 1.29 is 9.53 Å². The second-order valence-corrected chi connectivity index (χ2v) is 10.4. The van der Waals surface area contributed by atoms with Crippen LogP contribution in [0.15, 0.2) is 84.9 Å². The van der Waals surface area contributed by atoms with Gasteiger partial charge >= 0.3 is 0 Å². The number of hydrogen-bond acceptors (Lipinski definition) is 3. The number of amides is 1. The van der Waals surface area contributed by atoms with E-state index in [-0.39, 0.29) is 11.2 Å². The molecule has 0 aliphatic carbocycles. The molecule has 0 spiro atoms. The lowest BCUT2D eigenvalue weighted by atomic mass is 10.1. The fraction of sp³-hybridized carbons (Fsp3) is 0.406. The van der Waals surface area contributed by atoms with Crippen LogP contribution < -0.4 is 10.1 Å². The molecule has 0 saturated heterocycles. The molecule has 0 aromatic heterocycles. The lowest BCUT2D eigenvalue weighted by Gasteiger charge is -2.18. The molecular formula is C32H41NO2S. The van der Waals surface area contributed by atoms with E-state index in [1.54, 1.807) is 0 Å². The average Bonchev–Trinajstić information content (AvgIpc) is 2.93. The minimum atomic E-state index is -0.0501. The summed E-state index contributed by atoms with van der Waals surface area (Å²) in [4.78, 5) is 12.8. The summed E-state index contributed by atoms with van der Waals surface area (Å²) in [5.74, 6) is 1.68. The maximum absolute atomic E-state index is 12.8. The third kappa shape index (κ3) is 10.5. The minimum Gasteiger partial charge on any atom is -0.494 e. The van der Waals surface area contributed by atoms with Crippen molar-refractivity contribution in [2.24, 2.45) is 0 Å². The van der Waals surface area contributed by atoms with Crippen LogP contribution in [0, 0.1) is 0 Å². The zero-order valence-electron chi connectivity index (χ0n) is 21.7. The number of carbonyl (C=O) groups is 1. The highest BCUT2D eigenvalue weighted by Crippen LogP contribution is 2.31. The van der Waals surface area contributed by atoms with E-state index >= 15 is 0 Å². The van der Waals surface area contributed by atoms with Gasteiger partial charge in [0.1, 0.15) is 5.75 Å². The van der Waals surface area contributed by atoms with Gasteiger partial charge < -0.3 is 10.1 Å². The Morgan fingerprint density at radius 2 is 1.39 bits per heavy atom. The van der Waals surface area contributed by atoms with Crippen LogP contribution in [0.3, 0.4) is 0 Å². The molecule has 3 aromatic rings. The van der Waals surface area contributed by atoms with Crippen molar-refractivity contribution in [3.05, 3.63) is 102 Å². The quantitative estimate of drug-likeness (QED) is 0.187. The zero-order valence-corrected chi connectivity index (χ0v) is 22.5. The summed E-state index contributed by atoms with van der Waals surface area (Å²) in [6.07, 6.45) is 10.3. The number of benzene rings is 3. The lowest BCUT2D eigenvalue weighted by molar-refractivity contribution is 0.0954. The van der Waals surface area contributed by atoms with E-state index in [1.165, 1.54) is 56.1 Å².